The van der Waals surface area contributed by atoms with Crippen molar-refractivity contribution in [3.8, 4) is 0 Å². The van der Waals surface area contributed by atoms with Crippen molar-refractivity contribution >= 4 is 37.4 Å². The van der Waals surface area contributed by atoms with E-state index in [1.807, 2.05) is 24.3 Å². The van der Waals surface area contributed by atoms with Crippen molar-refractivity contribution in [3.05, 3.63) is 29.6 Å². The average molecular weight is 324 g/mol. The summed E-state index contributed by atoms with van der Waals surface area (Å²) in [7, 11) is -1.84. The summed E-state index contributed by atoms with van der Waals surface area (Å²) in [4.78, 5) is 13.6. The Hall–Kier alpha value is -1.44. The molecule has 1 aliphatic rings. The van der Waals surface area contributed by atoms with Crippen LogP contribution >= 0.6 is 11.3 Å². The average Bonchev–Trinajstić information content (AvgIpc) is 2.83. The minimum Gasteiger partial charge on any atom is -0.344 e. The van der Waals surface area contributed by atoms with Crippen LogP contribution in [-0.2, 0) is 14.8 Å². The first-order chi connectivity index (χ1) is 10.00. The SMILES string of the molecule is CN1CCN(S(=O)(=O)c2csc3ccccc23)CCC1=O. The van der Waals surface area contributed by atoms with Gasteiger partial charge >= 0.3 is 0 Å². The van der Waals surface area contributed by atoms with Crippen LogP contribution in [0.1, 0.15) is 6.42 Å². The molecule has 5 nitrogen and oxygen atoms in total. The van der Waals surface area contributed by atoms with Gasteiger partial charge in [0.25, 0.3) is 0 Å². The molecule has 0 atom stereocenters. The molecule has 1 aromatic heterocycles. The zero-order valence-corrected chi connectivity index (χ0v) is 13.3. The van der Waals surface area contributed by atoms with E-state index in [0.717, 1.165) is 10.1 Å². The van der Waals surface area contributed by atoms with Crippen molar-refractivity contribution in [3.63, 3.8) is 0 Å². The highest BCUT2D eigenvalue weighted by Crippen LogP contribution is 2.31. The summed E-state index contributed by atoms with van der Waals surface area (Å²) < 4.78 is 28.0. The molecule has 0 aliphatic carbocycles. The van der Waals surface area contributed by atoms with Gasteiger partial charge in [-0.3, -0.25) is 4.79 Å². The number of benzene rings is 1. The lowest BCUT2D eigenvalue weighted by Crippen LogP contribution is -2.34. The molecule has 0 saturated carbocycles. The molecule has 1 amide bonds. The van der Waals surface area contributed by atoms with Crippen LogP contribution in [0.3, 0.4) is 0 Å². The van der Waals surface area contributed by atoms with Crippen LogP contribution in [0.2, 0.25) is 0 Å². The lowest BCUT2D eigenvalue weighted by molar-refractivity contribution is -0.129. The molecule has 1 fully saturated rings. The maximum atomic E-state index is 12.8. The van der Waals surface area contributed by atoms with Gasteiger partial charge in [0.05, 0.1) is 0 Å². The van der Waals surface area contributed by atoms with Crippen LogP contribution in [-0.4, -0.2) is 50.2 Å². The molecule has 2 heterocycles. The maximum absolute atomic E-state index is 12.8. The molecule has 1 aromatic carbocycles. The highest BCUT2D eigenvalue weighted by Gasteiger charge is 2.30. The molecule has 1 aliphatic heterocycles. The van der Waals surface area contributed by atoms with E-state index in [0.29, 0.717) is 18.0 Å². The van der Waals surface area contributed by atoms with E-state index >= 15 is 0 Å². The van der Waals surface area contributed by atoms with Gasteiger partial charge in [-0.15, -0.1) is 11.3 Å². The van der Waals surface area contributed by atoms with Gasteiger partial charge in [-0.1, -0.05) is 18.2 Å². The summed E-state index contributed by atoms with van der Waals surface area (Å²) in [5.41, 5.74) is 0. The van der Waals surface area contributed by atoms with E-state index in [1.54, 1.807) is 17.3 Å². The summed E-state index contributed by atoms with van der Waals surface area (Å²) in [6.07, 6.45) is 0.234. The topological polar surface area (TPSA) is 57.7 Å². The number of carbonyl (C=O) groups excluding carboxylic acids is 1. The molecule has 0 bridgehead atoms. The van der Waals surface area contributed by atoms with E-state index in [9.17, 15) is 13.2 Å². The Morgan fingerprint density at radius 3 is 2.71 bits per heavy atom. The Kier molecular flexibility index (Phi) is 3.73. The molecule has 1 saturated heterocycles. The summed E-state index contributed by atoms with van der Waals surface area (Å²) in [6.45, 7) is 1.02. The van der Waals surface area contributed by atoms with Crippen LogP contribution < -0.4 is 0 Å². The largest absolute Gasteiger partial charge is 0.344 e. The van der Waals surface area contributed by atoms with Crippen LogP contribution in [0.5, 0.6) is 0 Å². The molecule has 2 aromatic rings. The van der Waals surface area contributed by atoms with E-state index in [-0.39, 0.29) is 18.9 Å². The predicted octanol–water partition coefficient (Wildman–Crippen LogP) is 1.75. The predicted molar refractivity (Wildman–Crippen MR) is 82.8 cm³/mol. The van der Waals surface area contributed by atoms with Gasteiger partial charge in [0.15, 0.2) is 0 Å². The number of sulfonamides is 1. The first-order valence-corrected chi connectivity index (χ1v) is 9.02. The number of fused-ring (bicyclic) bond motifs is 1. The second-order valence-corrected chi connectivity index (χ2v) is 7.88. The molecule has 21 heavy (non-hydrogen) atoms. The Labute approximate surface area is 127 Å². The van der Waals surface area contributed by atoms with Gasteiger partial charge in [0.2, 0.25) is 15.9 Å². The minimum atomic E-state index is -3.55. The summed E-state index contributed by atoms with van der Waals surface area (Å²) >= 11 is 1.43. The molecule has 0 spiro atoms. The second kappa shape index (κ2) is 5.40. The van der Waals surface area contributed by atoms with Crippen LogP contribution in [0.15, 0.2) is 34.5 Å². The van der Waals surface area contributed by atoms with Crippen LogP contribution in [0, 0.1) is 0 Å². The number of rotatable bonds is 2. The van der Waals surface area contributed by atoms with Crippen molar-refractivity contribution in [1.82, 2.24) is 9.21 Å². The van der Waals surface area contributed by atoms with E-state index in [4.69, 9.17) is 0 Å². The smallest absolute Gasteiger partial charge is 0.244 e. The molecule has 112 valence electrons. The molecular weight excluding hydrogens is 308 g/mol. The third-order valence-corrected chi connectivity index (χ3v) is 6.80. The Balaban J connectivity index is 1.98. The Bertz CT molecular complexity index is 782. The number of thiophene rings is 1. The quantitative estimate of drug-likeness (QED) is 0.846. The highest BCUT2D eigenvalue weighted by molar-refractivity contribution is 7.89. The number of amides is 1. The molecule has 0 radical (unpaired) electrons. The standard InChI is InChI=1S/C14H16N2O3S2/c1-15-8-9-16(7-6-14(15)17)21(18,19)13-10-20-12-5-3-2-4-11(12)13/h2-5,10H,6-9H2,1H3. The van der Waals surface area contributed by atoms with Gasteiger partial charge in [0, 0.05) is 48.6 Å². The zero-order chi connectivity index (χ0) is 15.0. The van der Waals surface area contributed by atoms with Crippen LogP contribution in [0.25, 0.3) is 10.1 Å². The summed E-state index contributed by atoms with van der Waals surface area (Å²) in [5.74, 6) is -0.0112. The number of hydrogen-bond donors (Lipinski definition) is 0. The third-order valence-electron chi connectivity index (χ3n) is 3.75. The van der Waals surface area contributed by atoms with Gasteiger partial charge in [-0.2, -0.15) is 4.31 Å². The van der Waals surface area contributed by atoms with Gasteiger partial charge < -0.3 is 4.90 Å². The van der Waals surface area contributed by atoms with Crippen molar-refractivity contribution in [2.24, 2.45) is 0 Å². The van der Waals surface area contributed by atoms with Gasteiger partial charge in [-0.25, -0.2) is 8.42 Å². The number of carbonyl (C=O) groups is 1. The normalized spacial score (nSPS) is 18.1. The van der Waals surface area contributed by atoms with Gasteiger partial charge in [-0.05, 0) is 6.07 Å². The van der Waals surface area contributed by atoms with E-state index < -0.39 is 10.0 Å². The Morgan fingerprint density at radius 2 is 1.90 bits per heavy atom. The maximum Gasteiger partial charge on any atom is 0.244 e. The van der Waals surface area contributed by atoms with E-state index in [1.165, 1.54) is 15.6 Å². The van der Waals surface area contributed by atoms with Crippen molar-refractivity contribution in [1.29, 1.82) is 0 Å². The van der Waals surface area contributed by atoms with Crippen molar-refractivity contribution < 1.29 is 13.2 Å². The molecule has 3 rings (SSSR count). The lowest BCUT2D eigenvalue weighted by atomic mass is 10.3. The number of hydrogen-bond acceptors (Lipinski definition) is 4. The summed E-state index contributed by atoms with van der Waals surface area (Å²) in [6, 6.07) is 7.48. The molecule has 0 N–H and O–H groups in total. The molecular formula is C14H16N2O3S2. The zero-order valence-electron chi connectivity index (χ0n) is 11.7. The highest BCUT2D eigenvalue weighted by atomic mass is 32.2. The number of nitrogens with zero attached hydrogens (tertiary/aromatic N) is 2. The van der Waals surface area contributed by atoms with Crippen molar-refractivity contribution in [2.75, 3.05) is 26.7 Å². The van der Waals surface area contributed by atoms with E-state index in [2.05, 4.69) is 0 Å². The van der Waals surface area contributed by atoms with Crippen LogP contribution in [0.4, 0.5) is 0 Å². The number of likely N-dealkylation sites (N-methyl/N-ethyl adjacent to an activating group) is 1. The fourth-order valence-electron chi connectivity index (χ4n) is 2.44. The fourth-order valence-corrected chi connectivity index (χ4v) is 5.35. The molecule has 7 heteroatoms. The first kappa shape index (κ1) is 14.5. The Morgan fingerprint density at radius 1 is 1.14 bits per heavy atom. The minimum absolute atomic E-state index is 0.0112. The fraction of sp³-hybridized carbons (Fsp3) is 0.357. The van der Waals surface area contributed by atoms with Crippen molar-refractivity contribution in [2.45, 2.75) is 11.3 Å². The lowest BCUT2D eigenvalue weighted by Gasteiger charge is -2.19. The third kappa shape index (κ3) is 2.56. The first-order valence-electron chi connectivity index (χ1n) is 6.70. The second-order valence-electron chi connectivity index (χ2n) is 5.07. The van der Waals surface area contributed by atoms with Gasteiger partial charge in [0.1, 0.15) is 4.90 Å². The molecule has 0 unspecified atom stereocenters. The summed E-state index contributed by atoms with van der Waals surface area (Å²) in [5, 5.41) is 2.45. The monoisotopic (exact) mass is 324 g/mol.